The number of β-amino-alcohol motifs (C(OH)–C–C–N with tert-alkyl or cyclic N) is 1. The zero-order chi connectivity index (χ0) is 15.4. The Balaban J connectivity index is 1.83. The van der Waals surface area contributed by atoms with Gasteiger partial charge in [-0.1, -0.05) is 29.8 Å². The van der Waals surface area contributed by atoms with E-state index >= 15 is 0 Å². The van der Waals surface area contributed by atoms with Crippen molar-refractivity contribution >= 4 is 5.91 Å². The van der Waals surface area contributed by atoms with Gasteiger partial charge in [-0.3, -0.25) is 4.79 Å². The second kappa shape index (κ2) is 7.02. The van der Waals surface area contributed by atoms with E-state index in [1.807, 2.05) is 31.2 Å². The normalized spacial score (nSPS) is 20.1. The number of carbonyl (C=O) groups is 1. The van der Waals surface area contributed by atoms with Crippen LogP contribution in [0.1, 0.15) is 30.1 Å². The molecular weight excluding hydrogens is 268 g/mol. The molecule has 5 heteroatoms. The maximum absolute atomic E-state index is 11.0. The lowest BCUT2D eigenvalue weighted by atomic mass is 9.90. The maximum atomic E-state index is 11.0. The van der Waals surface area contributed by atoms with E-state index in [2.05, 4.69) is 4.90 Å². The molecule has 2 atom stereocenters. The van der Waals surface area contributed by atoms with Crippen molar-refractivity contribution in [2.75, 3.05) is 19.6 Å². The summed E-state index contributed by atoms with van der Waals surface area (Å²) in [6, 6.07) is 7.88. The Bertz CT molecular complexity index is 467. The average molecular weight is 292 g/mol. The Morgan fingerprint density at radius 3 is 2.38 bits per heavy atom. The molecule has 0 aliphatic carbocycles. The molecule has 0 aromatic heterocycles. The molecule has 2 unspecified atom stereocenters. The summed E-state index contributed by atoms with van der Waals surface area (Å²) < 4.78 is 0. The van der Waals surface area contributed by atoms with E-state index in [1.54, 1.807) is 0 Å². The van der Waals surface area contributed by atoms with Crippen LogP contribution < -0.4 is 5.73 Å². The fourth-order valence-electron chi connectivity index (χ4n) is 2.82. The number of aliphatic hydroxyl groups excluding tert-OH is 2. The second-order valence-corrected chi connectivity index (χ2v) is 5.91. The molecule has 2 rings (SSSR count). The standard InChI is InChI=1S/C16H24N2O3/c1-11-2-4-12(5-3-11)14(19)10-18-8-6-13(7-9-18)15(20)16(17)21/h2-5,13-15,19-20H,6-10H2,1H3,(H2,17,21). The zero-order valence-corrected chi connectivity index (χ0v) is 12.4. The first-order chi connectivity index (χ1) is 9.97. The minimum atomic E-state index is -1.05. The molecule has 21 heavy (non-hydrogen) atoms. The summed E-state index contributed by atoms with van der Waals surface area (Å²) in [7, 11) is 0. The molecule has 0 bridgehead atoms. The largest absolute Gasteiger partial charge is 0.387 e. The van der Waals surface area contributed by atoms with Crippen molar-refractivity contribution in [1.29, 1.82) is 0 Å². The summed E-state index contributed by atoms with van der Waals surface area (Å²) in [5.41, 5.74) is 7.22. The Morgan fingerprint density at radius 2 is 1.86 bits per heavy atom. The molecule has 1 aromatic carbocycles. The van der Waals surface area contributed by atoms with Crippen LogP contribution in [-0.2, 0) is 4.79 Å². The van der Waals surface area contributed by atoms with E-state index in [9.17, 15) is 15.0 Å². The number of hydrogen-bond acceptors (Lipinski definition) is 4. The third kappa shape index (κ3) is 4.27. The molecule has 116 valence electrons. The van der Waals surface area contributed by atoms with E-state index in [1.165, 1.54) is 5.56 Å². The molecule has 5 nitrogen and oxygen atoms in total. The Hall–Kier alpha value is -1.43. The van der Waals surface area contributed by atoms with E-state index in [0.29, 0.717) is 6.54 Å². The molecule has 1 fully saturated rings. The van der Waals surface area contributed by atoms with E-state index in [-0.39, 0.29) is 5.92 Å². The van der Waals surface area contributed by atoms with Crippen molar-refractivity contribution in [1.82, 2.24) is 4.90 Å². The number of primary amides is 1. The molecular formula is C16H24N2O3. The van der Waals surface area contributed by atoms with E-state index in [4.69, 9.17) is 5.73 Å². The van der Waals surface area contributed by atoms with Crippen molar-refractivity contribution in [3.05, 3.63) is 35.4 Å². The number of aryl methyl sites for hydroxylation is 1. The van der Waals surface area contributed by atoms with Crippen LogP contribution in [0.25, 0.3) is 0 Å². The average Bonchev–Trinajstić information content (AvgIpc) is 2.47. The molecule has 4 N–H and O–H groups in total. The highest BCUT2D eigenvalue weighted by molar-refractivity contribution is 5.78. The van der Waals surface area contributed by atoms with Crippen LogP contribution in [0.3, 0.4) is 0 Å². The molecule has 0 spiro atoms. The topological polar surface area (TPSA) is 86.8 Å². The summed E-state index contributed by atoms with van der Waals surface area (Å²) in [5, 5.41) is 19.9. The first-order valence-corrected chi connectivity index (χ1v) is 7.41. The Labute approximate surface area is 125 Å². The molecule has 1 aliphatic rings. The summed E-state index contributed by atoms with van der Waals surface area (Å²) in [4.78, 5) is 13.2. The maximum Gasteiger partial charge on any atom is 0.246 e. The first-order valence-electron chi connectivity index (χ1n) is 7.41. The van der Waals surface area contributed by atoms with Crippen LogP contribution in [0.2, 0.25) is 0 Å². The van der Waals surface area contributed by atoms with Gasteiger partial charge in [-0.2, -0.15) is 0 Å². The highest BCUT2D eigenvalue weighted by Crippen LogP contribution is 2.23. The third-order valence-electron chi connectivity index (χ3n) is 4.26. The van der Waals surface area contributed by atoms with Crippen LogP contribution in [0.15, 0.2) is 24.3 Å². The quantitative estimate of drug-likeness (QED) is 0.741. The zero-order valence-electron chi connectivity index (χ0n) is 12.4. The molecule has 0 radical (unpaired) electrons. The van der Waals surface area contributed by atoms with Gasteiger partial charge in [-0.15, -0.1) is 0 Å². The van der Waals surface area contributed by atoms with Crippen LogP contribution in [0, 0.1) is 12.8 Å². The number of piperidine rings is 1. The molecule has 1 heterocycles. The first kappa shape index (κ1) is 15.9. The number of hydrogen-bond donors (Lipinski definition) is 3. The molecule has 1 saturated heterocycles. The monoisotopic (exact) mass is 292 g/mol. The van der Waals surface area contributed by atoms with E-state index in [0.717, 1.165) is 31.5 Å². The predicted octanol–water partition coefficient (Wildman–Crippen LogP) is 0.587. The number of benzene rings is 1. The summed E-state index contributed by atoms with van der Waals surface area (Å²) in [6.07, 6.45) is -0.104. The lowest BCUT2D eigenvalue weighted by Gasteiger charge is -2.34. The van der Waals surface area contributed by atoms with Gasteiger partial charge in [-0.05, 0) is 44.3 Å². The number of nitrogens with two attached hydrogens (primary N) is 1. The third-order valence-corrected chi connectivity index (χ3v) is 4.26. The van der Waals surface area contributed by atoms with Crippen molar-refractivity contribution in [3.63, 3.8) is 0 Å². The van der Waals surface area contributed by atoms with Crippen molar-refractivity contribution in [2.24, 2.45) is 11.7 Å². The highest BCUT2D eigenvalue weighted by Gasteiger charge is 2.29. The molecule has 1 aliphatic heterocycles. The summed E-state index contributed by atoms with van der Waals surface area (Å²) in [6.45, 7) is 4.11. The second-order valence-electron chi connectivity index (χ2n) is 5.91. The lowest BCUT2D eigenvalue weighted by Crippen LogP contribution is -2.43. The number of rotatable bonds is 5. The van der Waals surface area contributed by atoms with Crippen LogP contribution >= 0.6 is 0 Å². The summed E-state index contributed by atoms with van der Waals surface area (Å²) >= 11 is 0. The molecule has 1 amide bonds. The van der Waals surface area contributed by atoms with Gasteiger partial charge in [0.2, 0.25) is 5.91 Å². The molecule has 1 aromatic rings. The van der Waals surface area contributed by atoms with Gasteiger partial charge in [0.25, 0.3) is 0 Å². The molecule has 0 saturated carbocycles. The SMILES string of the molecule is Cc1ccc(C(O)CN2CCC(C(O)C(N)=O)CC2)cc1. The van der Waals surface area contributed by atoms with Crippen LogP contribution in [0.5, 0.6) is 0 Å². The number of carbonyl (C=O) groups excluding carboxylic acids is 1. The van der Waals surface area contributed by atoms with Crippen molar-refractivity contribution < 1.29 is 15.0 Å². The minimum absolute atomic E-state index is 0.0599. The lowest BCUT2D eigenvalue weighted by molar-refractivity contribution is -0.129. The highest BCUT2D eigenvalue weighted by atomic mass is 16.3. The van der Waals surface area contributed by atoms with Gasteiger partial charge in [0, 0.05) is 6.54 Å². The van der Waals surface area contributed by atoms with Gasteiger partial charge in [-0.25, -0.2) is 0 Å². The van der Waals surface area contributed by atoms with Gasteiger partial charge in [0.15, 0.2) is 0 Å². The Morgan fingerprint density at radius 1 is 1.29 bits per heavy atom. The van der Waals surface area contributed by atoms with Crippen LogP contribution in [0.4, 0.5) is 0 Å². The van der Waals surface area contributed by atoms with Gasteiger partial charge >= 0.3 is 0 Å². The summed E-state index contributed by atoms with van der Waals surface area (Å²) in [5.74, 6) is -0.705. The van der Waals surface area contributed by atoms with Gasteiger partial charge in [0.05, 0.1) is 6.10 Å². The fraction of sp³-hybridized carbons (Fsp3) is 0.562. The van der Waals surface area contributed by atoms with Crippen molar-refractivity contribution in [2.45, 2.75) is 32.0 Å². The van der Waals surface area contributed by atoms with Gasteiger partial charge in [0.1, 0.15) is 6.10 Å². The number of nitrogens with zero attached hydrogens (tertiary/aromatic N) is 1. The van der Waals surface area contributed by atoms with Crippen LogP contribution in [-0.4, -0.2) is 46.8 Å². The predicted molar refractivity (Wildman–Crippen MR) is 80.5 cm³/mol. The number of aliphatic hydroxyl groups is 2. The fourth-order valence-corrected chi connectivity index (χ4v) is 2.82. The smallest absolute Gasteiger partial charge is 0.246 e. The Kier molecular flexibility index (Phi) is 5.33. The number of likely N-dealkylation sites (tertiary alicyclic amines) is 1. The minimum Gasteiger partial charge on any atom is -0.387 e. The van der Waals surface area contributed by atoms with E-state index < -0.39 is 18.1 Å². The van der Waals surface area contributed by atoms with Gasteiger partial charge < -0.3 is 20.8 Å². The number of amides is 1. The van der Waals surface area contributed by atoms with Crippen molar-refractivity contribution in [3.8, 4) is 0 Å².